The van der Waals surface area contributed by atoms with E-state index in [1.54, 1.807) is 6.08 Å². The van der Waals surface area contributed by atoms with Crippen molar-refractivity contribution in [3.8, 4) is 0 Å². The SMILES string of the molecule is C=CCCC(O)c1ccc(F)c(F)c1. The van der Waals surface area contributed by atoms with Gasteiger partial charge in [0.05, 0.1) is 6.10 Å². The highest BCUT2D eigenvalue weighted by atomic mass is 19.2. The molecule has 0 amide bonds. The van der Waals surface area contributed by atoms with Crippen molar-refractivity contribution in [1.82, 2.24) is 0 Å². The van der Waals surface area contributed by atoms with Gasteiger partial charge in [0.15, 0.2) is 11.6 Å². The van der Waals surface area contributed by atoms with E-state index in [9.17, 15) is 13.9 Å². The first-order valence-electron chi connectivity index (χ1n) is 4.39. The van der Waals surface area contributed by atoms with Gasteiger partial charge in [0.1, 0.15) is 0 Å². The number of hydrogen-bond acceptors (Lipinski definition) is 1. The van der Waals surface area contributed by atoms with E-state index < -0.39 is 17.7 Å². The minimum Gasteiger partial charge on any atom is -0.388 e. The molecule has 0 aliphatic heterocycles. The summed E-state index contributed by atoms with van der Waals surface area (Å²) in [5, 5.41) is 9.53. The first-order valence-corrected chi connectivity index (χ1v) is 4.39. The summed E-state index contributed by atoms with van der Waals surface area (Å²) in [5.74, 6) is -1.83. The molecule has 1 atom stereocenters. The molecule has 0 radical (unpaired) electrons. The van der Waals surface area contributed by atoms with Gasteiger partial charge in [0.25, 0.3) is 0 Å². The van der Waals surface area contributed by atoms with E-state index >= 15 is 0 Å². The summed E-state index contributed by atoms with van der Waals surface area (Å²) < 4.78 is 25.3. The molecule has 0 bridgehead atoms. The second-order valence-electron chi connectivity index (χ2n) is 3.06. The maximum absolute atomic E-state index is 12.8. The van der Waals surface area contributed by atoms with Gasteiger partial charge in [-0.15, -0.1) is 6.58 Å². The van der Waals surface area contributed by atoms with Crippen LogP contribution < -0.4 is 0 Å². The van der Waals surface area contributed by atoms with Crippen molar-refractivity contribution in [2.75, 3.05) is 0 Å². The number of benzene rings is 1. The highest BCUT2D eigenvalue weighted by Crippen LogP contribution is 2.20. The summed E-state index contributed by atoms with van der Waals surface area (Å²) in [6.45, 7) is 3.51. The molecule has 0 saturated carbocycles. The normalized spacial score (nSPS) is 12.5. The van der Waals surface area contributed by atoms with Crippen molar-refractivity contribution >= 4 is 0 Å². The van der Waals surface area contributed by atoms with Crippen LogP contribution in [0.25, 0.3) is 0 Å². The minimum absolute atomic E-state index is 0.394. The van der Waals surface area contributed by atoms with E-state index in [0.29, 0.717) is 18.4 Å². The van der Waals surface area contributed by atoms with Crippen LogP contribution in [0.1, 0.15) is 24.5 Å². The molecule has 0 aliphatic carbocycles. The van der Waals surface area contributed by atoms with Crippen LogP contribution in [0.5, 0.6) is 0 Å². The van der Waals surface area contributed by atoms with Gasteiger partial charge in [-0.2, -0.15) is 0 Å². The summed E-state index contributed by atoms with van der Waals surface area (Å²) in [5.41, 5.74) is 0.394. The summed E-state index contributed by atoms with van der Waals surface area (Å²) in [7, 11) is 0. The van der Waals surface area contributed by atoms with Crippen LogP contribution in [-0.2, 0) is 0 Å². The third kappa shape index (κ3) is 2.64. The Bertz CT molecular complexity index is 323. The number of rotatable bonds is 4. The maximum atomic E-state index is 12.8. The molecule has 1 N–H and O–H groups in total. The molecule has 76 valence electrons. The largest absolute Gasteiger partial charge is 0.388 e. The fraction of sp³-hybridized carbons (Fsp3) is 0.273. The van der Waals surface area contributed by atoms with E-state index in [4.69, 9.17) is 0 Å². The van der Waals surface area contributed by atoms with Crippen LogP contribution in [0.2, 0.25) is 0 Å². The molecule has 1 rings (SSSR count). The average Bonchev–Trinajstić information content (AvgIpc) is 2.18. The van der Waals surface area contributed by atoms with Gasteiger partial charge in [-0.25, -0.2) is 8.78 Å². The molecule has 14 heavy (non-hydrogen) atoms. The summed E-state index contributed by atoms with van der Waals surface area (Å²) in [4.78, 5) is 0. The van der Waals surface area contributed by atoms with Crippen molar-refractivity contribution in [1.29, 1.82) is 0 Å². The Morgan fingerprint density at radius 2 is 2.07 bits per heavy atom. The monoisotopic (exact) mass is 198 g/mol. The molecular formula is C11H12F2O. The molecular weight excluding hydrogens is 186 g/mol. The topological polar surface area (TPSA) is 20.2 Å². The molecule has 1 aromatic rings. The van der Waals surface area contributed by atoms with Crippen LogP contribution >= 0.6 is 0 Å². The highest BCUT2D eigenvalue weighted by Gasteiger charge is 2.09. The first kappa shape index (κ1) is 10.9. The van der Waals surface area contributed by atoms with Crippen LogP contribution in [0, 0.1) is 11.6 Å². The number of allylic oxidation sites excluding steroid dienone is 1. The summed E-state index contributed by atoms with van der Waals surface area (Å²) in [6, 6.07) is 3.41. The molecule has 0 aliphatic rings. The summed E-state index contributed by atoms with van der Waals surface area (Å²) >= 11 is 0. The molecule has 0 saturated heterocycles. The lowest BCUT2D eigenvalue weighted by Crippen LogP contribution is -1.98. The molecule has 1 unspecified atom stereocenters. The second-order valence-corrected chi connectivity index (χ2v) is 3.06. The Morgan fingerprint density at radius 3 is 2.64 bits per heavy atom. The van der Waals surface area contributed by atoms with Gasteiger partial charge in [-0.1, -0.05) is 12.1 Å². The third-order valence-electron chi connectivity index (χ3n) is 1.97. The third-order valence-corrected chi connectivity index (χ3v) is 1.97. The summed E-state index contributed by atoms with van der Waals surface area (Å²) in [6.07, 6.45) is 2.01. The van der Waals surface area contributed by atoms with Crippen LogP contribution in [0.3, 0.4) is 0 Å². The smallest absolute Gasteiger partial charge is 0.159 e. The molecule has 3 heteroatoms. The number of hydrogen-bond donors (Lipinski definition) is 1. The van der Waals surface area contributed by atoms with Crippen LogP contribution in [-0.4, -0.2) is 5.11 Å². The first-order chi connectivity index (χ1) is 6.65. The van der Waals surface area contributed by atoms with Crippen molar-refractivity contribution in [3.05, 3.63) is 48.1 Å². The van der Waals surface area contributed by atoms with E-state index in [1.165, 1.54) is 6.07 Å². The Morgan fingerprint density at radius 1 is 1.36 bits per heavy atom. The minimum atomic E-state index is -0.930. The Hall–Kier alpha value is -1.22. The van der Waals surface area contributed by atoms with Gasteiger partial charge in [0, 0.05) is 0 Å². The second kappa shape index (κ2) is 4.86. The standard InChI is InChI=1S/C11H12F2O/c1-2-3-4-11(14)8-5-6-9(12)10(13)7-8/h2,5-7,11,14H,1,3-4H2. The van der Waals surface area contributed by atoms with Gasteiger partial charge in [0.2, 0.25) is 0 Å². The Kier molecular flexibility index (Phi) is 3.77. The van der Waals surface area contributed by atoms with Crippen LogP contribution in [0.15, 0.2) is 30.9 Å². The van der Waals surface area contributed by atoms with Crippen LogP contribution in [0.4, 0.5) is 8.78 Å². The van der Waals surface area contributed by atoms with Crippen molar-refractivity contribution in [2.45, 2.75) is 18.9 Å². The lowest BCUT2D eigenvalue weighted by Gasteiger charge is -2.09. The number of aliphatic hydroxyl groups excluding tert-OH is 1. The number of halogens is 2. The number of aliphatic hydroxyl groups is 1. The fourth-order valence-corrected chi connectivity index (χ4v) is 1.16. The molecule has 1 nitrogen and oxygen atoms in total. The zero-order valence-corrected chi connectivity index (χ0v) is 7.71. The average molecular weight is 198 g/mol. The van der Waals surface area contributed by atoms with E-state index in [0.717, 1.165) is 12.1 Å². The Balaban J connectivity index is 2.75. The molecule has 0 fully saturated rings. The predicted octanol–water partition coefficient (Wildman–Crippen LogP) is 2.96. The van der Waals surface area contributed by atoms with Crippen molar-refractivity contribution in [3.63, 3.8) is 0 Å². The maximum Gasteiger partial charge on any atom is 0.159 e. The quantitative estimate of drug-likeness (QED) is 0.737. The van der Waals surface area contributed by atoms with Gasteiger partial charge >= 0.3 is 0 Å². The van der Waals surface area contributed by atoms with Crippen molar-refractivity contribution < 1.29 is 13.9 Å². The van der Waals surface area contributed by atoms with E-state index in [1.807, 2.05) is 0 Å². The van der Waals surface area contributed by atoms with E-state index in [2.05, 4.69) is 6.58 Å². The fourth-order valence-electron chi connectivity index (χ4n) is 1.16. The lowest BCUT2D eigenvalue weighted by molar-refractivity contribution is 0.168. The van der Waals surface area contributed by atoms with Crippen molar-refractivity contribution in [2.24, 2.45) is 0 Å². The van der Waals surface area contributed by atoms with Gasteiger partial charge in [-0.05, 0) is 30.5 Å². The lowest BCUT2D eigenvalue weighted by atomic mass is 10.0. The molecule has 0 heterocycles. The zero-order chi connectivity index (χ0) is 10.6. The Labute approximate surface area is 81.7 Å². The predicted molar refractivity (Wildman–Crippen MR) is 50.7 cm³/mol. The molecule has 1 aromatic carbocycles. The van der Waals surface area contributed by atoms with E-state index in [-0.39, 0.29) is 0 Å². The zero-order valence-electron chi connectivity index (χ0n) is 7.71. The molecule has 0 spiro atoms. The highest BCUT2D eigenvalue weighted by molar-refractivity contribution is 5.19. The molecule has 0 aromatic heterocycles. The van der Waals surface area contributed by atoms with Gasteiger partial charge in [-0.3, -0.25) is 0 Å². The van der Waals surface area contributed by atoms with Gasteiger partial charge < -0.3 is 5.11 Å².